The topological polar surface area (TPSA) is 98.9 Å². The number of hydrogen-bond donors (Lipinski definition) is 1. The van der Waals surface area contributed by atoms with Gasteiger partial charge in [-0.2, -0.15) is 0 Å². The average molecular weight is 486 g/mol. The van der Waals surface area contributed by atoms with Crippen molar-refractivity contribution in [3.05, 3.63) is 96.4 Å². The summed E-state index contributed by atoms with van der Waals surface area (Å²) in [7, 11) is 0. The quantitative estimate of drug-likeness (QED) is 0.286. The Kier molecular flexibility index (Phi) is 7.80. The summed E-state index contributed by atoms with van der Waals surface area (Å²) >= 11 is 0. The molecular formula is C29H27NO6. The minimum atomic E-state index is -1.07. The van der Waals surface area contributed by atoms with Crippen LogP contribution in [-0.2, 0) is 20.7 Å². The second-order valence-corrected chi connectivity index (χ2v) is 8.53. The van der Waals surface area contributed by atoms with Gasteiger partial charge in [-0.1, -0.05) is 72.8 Å². The van der Waals surface area contributed by atoms with E-state index in [2.05, 4.69) is 0 Å². The van der Waals surface area contributed by atoms with Crippen LogP contribution in [0.4, 0.5) is 0 Å². The number of hydrogen-bond acceptors (Lipinski definition) is 6. The van der Waals surface area contributed by atoms with E-state index >= 15 is 0 Å². The predicted octanol–water partition coefficient (Wildman–Crippen LogP) is 5.75. The number of carbonyl (C=O) groups is 2. The normalized spacial score (nSPS) is 11.8. The number of carboxylic acid groups (broad SMARTS) is 1. The number of rotatable bonds is 10. The number of esters is 1. The summed E-state index contributed by atoms with van der Waals surface area (Å²) < 4.78 is 17.1. The zero-order chi connectivity index (χ0) is 25.5. The Morgan fingerprint density at radius 2 is 1.58 bits per heavy atom. The van der Waals surface area contributed by atoms with Gasteiger partial charge in [0.25, 0.3) is 0 Å². The lowest BCUT2D eigenvalue weighted by Gasteiger charge is -2.16. The lowest BCUT2D eigenvalue weighted by atomic mass is 9.99. The SMILES string of the molecule is CC(C)OC(=O)C(Cc1cccc(OCC(=O)O)c1)c1nc(-c2ccccc2)c(-c2ccccc2)o1. The van der Waals surface area contributed by atoms with Gasteiger partial charge in [-0.05, 0) is 38.0 Å². The minimum absolute atomic E-state index is 0.235. The third kappa shape index (κ3) is 6.18. The van der Waals surface area contributed by atoms with Gasteiger partial charge >= 0.3 is 11.9 Å². The van der Waals surface area contributed by atoms with Gasteiger partial charge in [-0.25, -0.2) is 9.78 Å². The maximum atomic E-state index is 13.2. The van der Waals surface area contributed by atoms with Crippen molar-refractivity contribution in [1.29, 1.82) is 0 Å². The molecule has 1 aromatic heterocycles. The fourth-order valence-electron chi connectivity index (χ4n) is 3.79. The predicted molar refractivity (Wildman–Crippen MR) is 135 cm³/mol. The lowest BCUT2D eigenvalue weighted by Crippen LogP contribution is -2.22. The van der Waals surface area contributed by atoms with Crippen molar-refractivity contribution in [3.63, 3.8) is 0 Å². The Morgan fingerprint density at radius 1 is 0.917 bits per heavy atom. The first kappa shape index (κ1) is 24.7. The number of carboxylic acids is 1. The van der Waals surface area contributed by atoms with Crippen molar-refractivity contribution < 1.29 is 28.6 Å². The second-order valence-electron chi connectivity index (χ2n) is 8.53. The van der Waals surface area contributed by atoms with Crippen molar-refractivity contribution in [2.45, 2.75) is 32.3 Å². The van der Waals surface area contributed by atoms with Crippen molar-refractivity contribution in [1.82, 2.24) is 4.98 Å². The molecule has 7 nitrogen and oxygen atoms in total. The van der Waals surface area contributed by atoms with Crippen LogP contribution in [0, 0.1) is 0 Å². The number of nitrogens with zero attached hydrogens (tertiary/aromatic N) is 1. The van der Waals surface area contributed by atoms with Crippen molar-refractivity contribution >= 4 is 11.9 Å². The van der Waals surface area contributed by atoms with Gasteiger partial charge in [0, 0.05) is 11.1 Å². The molecule has 1 atom stereocenters. The summed E-state index contributed by atoms with van der Waals surface area (Å²) in [5, 5.41) is 8.90. The van der Waals surface area contributed by atoms with E-state index in [4.69, 9.17) is 24.0 Å². The molecule has 36 heavy (non-hydrogen) atoms. The van der Waals surface area contributed by atoms with Crippen LogP contribution >= 0.6 is 0 Å². The van der Waals surface area contributed by atoms with E-state index in [0.717, 1.165) is 16.7 Å². The standard InChI is InChI=1S/C29H27NO6/c1-19(2)35-29(33)24(17-20-10-9-15-23(16-20)34-18-25(31)32)28-30-26(21-11-5-3-6-12-21)27(36-28)22-13-7-4-8-14-22/h3-16,19,24H,17-18H2,1-2H3,(H,31,32). The molecule has 1 unspecified atom stereocenters. The Balaban J connectivity index is 1.75. The summed E-state index contributed by atoms with van der Waals surface area (Å²) in [5.41, 5.74) is 3.10. The van der Waals surface area contributed by atoms with Crippen molar-refractivity contribution in [2.75, 3.05) is 6.61 Å². The van der Waals surface area contributed by atoms with Gasteiger partial charge < -0.3 is 19.0 Å². The number of oxazole rings is 1. The van der Waals surface area contributed by atoms with E-state index in [1.54, 1.807) is 32.0 Å². The van der Waals surface area contributed by atoms with Gasteiger partial charge in [-0.15, -0.1) is 0 Å². The fraction of sp³-hybridized carbons (Fsp3) is 0.207. The highest BCUT2D eigenvalue weighted by atomic mass is 16.5. The molecule has 0 aliphatic rings. The van der Waals surface area contributed by atoms with Gasteiger partial charge in [-0.3, -0.25) is 4.79 Å². The molecule has 184 valence electrons. The maximum absolute atomic E-state index is 13.2. The number of aromatic nitrogens is 1. The second kappa shape index (κ2) is 11.4. The van der Waals surface area contributed by atoms with Crippen LogP contribution in [0.1, 0.15) is 31.2 Å². The molecule has 0 radical (unpaired) electrons. The van der Waals surface area contributed by atoms with Gasteiger partial charge in [0.2, 0.25) is 5.89 Å². The molecular weight excluding hydrogens is 458 g/mol. The highest BCUT2D eigenvalue weighted by molar-refractivity contribution is 5.80. The zero-order valence-electron chi connectivity index (χ0n) is 20.1. The number of ether oxygens (including phenoxy) is 2. The molecule has 1 heterocycles. The molecule has 0 aliphatic heterocycles. The summed E-state index contributed by atoms with van der Waals surface area (Å²) in [5.74, 6) is -1.13. The van der Waals surface area contributed by atoms with Gasteiger partial charge in [0.05, 0.1) is 6.10 Å². The summed E-state index contributed by atoms with van der Waals surface area (Å²) in [6.07, 6.45) is -0.0823. The first-order chi connectivity index (χ1) is 17.4. The third-order valence-electron chi connectivity index (χ3n) is 5.36. The molecule has 3 aromatic carbocycles. The monoisotopic (exact) mass is 485 g/mol. The molecule has 1 N–H and O–H groups in total. The Labute approximate surface area is 209 Å². The fourth-order valence-corrected chi connectivity index (χ4v) is 3.79. The number of benzene rings is 3. The molecule has 4 aromatic rings. The van der Waals surface area contributed by atoms with E-state index in [1.807, 2.05) is 66.7 Å². The maximum Gasteiger partial charge on any atom is 0.341 e. The van der Waals surface area contributed by atoms with Crippen LogP contribution in [-0.4, -0.2) is 34.7 Å². The minimum Gasteiger partial charge on any atom is -0.482 e. The van der Waals surface area contributed by atoms with E-state index in [1.165, 1.54) is 0 Å². The van der Waals surface area contributed by atoms with Crippen LogP contribution < -0.4 is 4.74 Å². The molecule has 0 saturated heterocycles. The van der Waals surface area contributed by atoms with Crippen LogP contribution in [0.25, 0.3) is 22.6 Å². The summed E-state index contributed by atoms with van der Waals surface area (Å²) in [4.78, 5) is 28.9. The molecule has 0 saturated carbocycles. The highest BCUT2D eigenvalue weighted by Crippen LogP contribution is 2.36. The van der Waals surface area contributed by atoms with Gasteiger partial charge in [0.15, 0.2) is 12.4 Å². The average Bonchev–Trinajstić information content (AvgIpc) is 3.32. The zero-order valence-corrected chi connectivity index (χ0v) is 20.1. The van der Waals surface area contributed by atoms with Crippen LogP contribution in [0.2, 0.25) is 0 Å². The molecule has 0 amide bonds. The van der Waals surface area contributed by atoms with E-state index < -0.39 is 24.5 Å². The van der Waals surface area contributed by atoms with E-state index in [0.29, 0.717) is 17.2 Å². The number of aliphatic carboxylic acids is 1. The van der Waals surface area contributed by atoms with E-state index in [9.17, 15) is 9.59 Å². The summed E-state index contributed by atoms with van der Waals surface area (Å²) in [6.45, 7) is 3.12. The number of carbonyl (C=O) groups excluding carboxylic acids is 1. The molecule has 4 rings (SSSR count). The van der Waals surface area contributed by atoms with Crippen molar-refractivity contribution in [2.24, 2.45) is 0 Å². The van der Waals surface area contributed by atoms with Crippen LogP contribution in [0.3, 0.4) is 0 Å². The largest absolute Gasteiger partial charge is 0.482 e. The Morgan fingerprint density at radius 3 is 2.22 bits per heavy atom. The first-order valence-corrected chi connectivity index (χ1v) is 11.7. The van der Waals surface area contributed by atoms with E-state index in [-0.39, 0.29) is 18.4 Å². The third-order valence-corrected chi connectivity index (χ3v) is 5.36. The lowest BCUT2D eigenvalue weighted by molar-refractivity contribution is -0.149. The molecule has 0 aliphatic carbocycles. The smallest absolute Gasteiger partial charge is 0.341 e. The van der Waals surface area contributed by atoms with Crippen LogP contribution in [0.15, 0.2) is 89.3 Å². The van der Waals surface area contributed by atoms with Gasteiger partial charge in [0.1, 0.15) is 17.4 Å². The molecule has 0 spiro atoms. The Bertz CT molecular complexity index is 1260. The molecule has 0 bridgehead atoms. The first-order valence-electron chi connectivity index (χ1n) is 11.7. The van der Waals surface area contributed by atoms with Crippen LogP contribution in [0.5, 0.6) is 5.75 Å². The molecule has 7 heteroatoms. The summed E-state index contributed by atoms with van der Waals surface area (Å²) in [6, 6.07) is 26.2. The van der Waals surface area contributed by atoms with Crippen molar-refractivity contribution in [3.8, 4) is 28.3 Å². The Hall–Kier alpha value is -4.39. The molecule has 0 fully saturated rings. The highest BCUT2D eigenvalue weighted by Gasteiger charge is 2.31.